The van der Waals surface area contributed by atoms with Crippen molar-refractivity contribution in [3.05, 3.63) is 108 Å². The molecule has 1 aliphatic rings. The number of carbonyl (C=O) groups is 2. The Balaban J connectivity index is 1.28. The molecule has 2 aromatic heterocycles. The Morgan fingerprint density at radius 1 is 1.03 bits per heavy atom. The van der Waals surface area contributed by atoms with Crippen LogP contribution in [-0.2, 0) is 16.0 Å². The summed E-state index contributed by atoms with van der Waals surface area (Å²) in [6.45, 7) is 2.09. The van der Waals surface area contributed by atoms with Gasteiger partial charge in [0.2, 0.25) is 0 Å². The molecule has 1 unspecified atom stereocenters. The van der Waals surface area contributed by atoms with Gasteiger partial charge in [-0.3, -0.25) is 0 Å². The summed E-state index contributed by atoms with van der Waals surface area (Å²) >= 11 is 0. The monoisotopic (exact) mass is 467 g/mol. The summed E-state index contributed by atoms with van der Waals surface area (Å²) in [6, 6.07) is 22.4. The van der Waals surface area contributed by atoms with Gasteiger partial charge in [-0.15, -0.1) is 0 Å². The van der Waals surface area contributed by atoms with E-state index < -0.39 is 18.1 Å². The number of carbonyl (C=O) groups excluding carboxylic acids is 1. The average Bonchev–Trinajstić information content (AvgIpc) is 3.45. The topological polar surface area (TPSA) is 93.5 Å². The number of benzene rings is 2. The molecule has 0 saturated heterocycles. The molecule has 0 spiro atoms. The predicted octanol–water partition coefficient (Wildman–Crippen LogP) is 4.72. The Bertz CT molecular complexity index is 1350. The Hall–Kier alpha value is -4.39. The number of carboxylic acid groups (broad SMARTS) is 1. The first kappa shape index (κ1) is 22.4. The van der Waals surface area contributed by atoms with Crippen LogP contribution in [0.15, 0.2) is 85.2 Å². The van der Waals surface area contributed by atoms with Crippen molar-refractivity contribution in [2.24, 2.45) is 0 Å². The normalized spacial score (nSPS) is 13.1. The fourth-order valence-electron chi connectivity index (χ4n) is 4.65. The molecular weight excluding hydrogens is 442 g/mol. The van der Waals surface area contributed by atoms with E-state index in [2.05, 4.69) is 22.4 Å². The summed E-state index contributed by atoms with van der Waals surface area (Å²) in [5, 5.41) is 12.3. The third-order valence-electron chi connectivity index (χ3n) is 6.33. The molecule has 0 radical (unpaired) electrons. The molecule has 1 atom stereocenters. The lowest BCUT2D eigenvalue weighted by Crippen LogP contribution is -2.43. The van der Waals surface area contributed by atoms with Crippen LogP contribution in [0.25, 0.3) is 16.9 Å². The van der Waals surface area contributed by atoms with Gasteiger partial charge < -0.3 is 19.7 Å². The van der Waals surface area contributed by atoms with E-state index in [1.165, 1.54) is 0 Å². The standard InChI is InChI=1S/C28H25N3O4/c1-18-12-13-29-26(15-18)31-14-6-7-19(31)16-25(27(32)33)30-28(34)35-17-24-22-10-4-2-8-20(22)21-9-3-5-11-23(21)24/h2-15,24-25H,16-17H2,1H3,(H,30,34)(H,32,33). The molecule has 7 nitrogen and oxygen atoms in total. The minimum absolute atomic E-state index is 0.0855. The lowest BCUT2D eigenvalue weighted by Gasteiger charge is -2.18. The van der Waals surface area contributed by atoms with Gasteiger partial charge in [-0.25, -0.2) is 14.6 Å². The first-order chi connectivity index (χ1) is 17.0. The maximum atomic E-state index is 12.7. The van der Waals surface area contributed by atoms with E-state index in [-0.39, 0.29) is 18.9 Å². The molecule has 0 aliphatic heterocycles. The number of aliphatic carboxylic acids is 1. The second-order valence-electron chi connectivity index (χ2n) is 8.63. The van der Waals surface area contributed by atoms with E-state index in [0.717, 1.165) is 33.5 Å². The fraction of sp³-hybridized carbons (Fsp3) is 0.179. The summed E-state index contributed by atoms with van der Waals surface area (Å²) < 4.78 is 7.36. The van der Waals surface area contributed by atoms with Gasteiger partial charge in [0.25, 0.3) is 0 Å². The van der Waals surface area contributed by atoms with Crippen molar-refractivity contribution in [3.63, 3.8) is 0 Å². The van der Waals surface area contributed by atoms with Crippen LogP contribution in [0.5, 0.6) is 0 Å². The number of alkyl carbamates (subject to hydrolysis) is 1. The lowest BCUT2D eigenvalue weighted by molar-refractivity contribution is -0.139. The van der Waals surface area contributed by atoms with Crippen molar-refractivity contribution in [1.82, 2.24) is 14.9 Å². The number of nitrogens with one attached hydrogen (secondary N) is 1. The highest BCUT2D eigenvalue weighted by atomic mass is 16.5. The second-order valence-corrected chi connectivity index (χ2v) is 8.63. The number of ether oxygens (including phenoxy) is 1. The zero-order chi connectivity index (χ0) is 24.4. The minimum atomic E-state index is -1.15. The van der Waals surface area contributed by atoms with Gasteiger partial charge >= 0.3 is 12.1 Å². The Morgan fingerprint density at radius 3 is 2.37 bits per heavy atom. The van der Waals surface area contributed by atoms with E-state index in [0.29, 0.717) is 5.82 Å². The third-order valence-corrected chi connectivity index (χ3v) is 6.33. The molecule has 4 aromatic rings. The van der Waals surface area contributed by atoms with Gasteiger partial charge in [0.1, 0.15) is 18.5 Å². The van der Waals surface area contributed by atoms with Crippen LogP contribution >= 0.6 is 0 Å². The van der Waals surface area contributed by atoms with Crippen molar-refractivity contribution in [2.45, 2.75) is 25.3 Å². The van der Waals surface area contributed by atoms with E-state index >= 15 is 0 Å². The smallest absolute Gasteiger partial charge is 0.407 e. The highest BCUT2D eigenvalue weighted by Gasteiger charge is 2.30. The molecule has 0 fully saturated rings. The van der Waals surface area contributed by atoms with Gasteiger partial charge in [0.15, 0.2) is 0 Å². The number of pyridine rings is 1. The molecule has 1 aliphatic carbocycles. The van der Waals surface area contributed by atoms with E-state index in [1.807, 2.05) is 78.4 Å². The van der Waals surface area contributed by atoms with Crippen molar-refractivity contribution in [3.8, 4) is 16.9 Å². The summed E-state index contributed by atoms with van der Waals surface area (Å²) in [5.41, 5.74) is 6.22. The molecule has 0 bridgehead atoms. The van der Waals surface area contributed by atoms with Gasteiger partial charge in [0.05, 0.1) is 0 Å². The molecule has 5 rings (SSSR count). The number of aromatic nitrogens is 2. The maximum Gasteiger partial charge on any atom is 0.407 e. The van der Waals surface area contributed by atoms with Crippen LogP contribution in [0.4, 0.5) is 4.79 Å². The Kier molecular flexibility index (Phi) is 6.06. The average molecular weight is 468 g/mol. The number of hydrogen-bond donors (Lipinski definition) is 2. The summed E-state index contributed by atoms with van der Waals surface area (Å²) in [4.78, 5) is 29.0. The molecule has 35 heavy (non-hydrogen) atoms. The molecule has 2 aromatic carbocycles. The predicted molar refractivity (Wildman–Crippen MR) is 132 cm³/mol. The first-order valence-corrected chi connectivity index (χ1v) is 11.4. The fourth-order valence-corrected chi connectivity index (χ4v) is 4.65. The van der Waals surface area contributed by atoms with Crippen LogP contribution in [-0.4, -0.2) is 39.4 Å². The highest BCUT2D eigenvalue weighted by Crippen LogP contribution is 2.44. The number of aryl methyl sites for hydroxylation is 1. The van der Waals surface area contributed by atoms with E-state index in [1.54, 1.807) is 6.20 Å². The summed E-state index contributed by atoms with van der Waals surface area (Å²) in [7, 11) is 0. The van der Waals surface area contributed by atoms with Crippen LogP contribution in [0.3, 0.4) is 0 Å². The van der Waals surface area contributed by atoms with Crippen molar-refractivity contribution in [1.29, 1.82) is 0 Å². The Labute approximate surface area is 203 Å². The largest absolute Gasteiger partial charge is 0.480 e. The van der Waals surface area contributed by atoms with Crippen LogP contribution < -0.4 is 5.32 Å². The quantitative estimate of drug-likeness (QED) is 0.410. The highest BCUT2D eigenvalue weighted by molar-refractivity contribution is 5.81. The van der Waals surface area contributed by atoms with E-state index in [4.69, 9.17) is 4.74 Å². The maximum absolute atomic E-state index is 12.7. The lowest BCUT2D eigenvalue weighted by atomic mass is 9.98. The number of hydrogen-bond acceptors (Lipinski definition) is 4. The first-order valence-electron chi connectivity index (χ1n) is 11.4. The number of fused-ring (bicyclic) bond motifs is 3. The zero-order valence-electron chi connectivity index (χ0n) is 19.2. The number of nitrogens with zero attached hydrogens (tertiary/aromatic N) is 2. The van der Waals surface area contributed by atoms with Crippen LogP contribution in [0, 0.1) is 6.92 Å². The molecule has 2 N–H and O–H groups in total. The van der Waals surface area contributed by atoms with Crippen LogP contribution in [0.2, 0.25) is 0 Å². The van der Waals surface area contributed by atoms with Crippen molar-refractivity contribution < 1.29 is 19.4 Å². The van der Waals surface area contributed by atoms with Crippen molar-refractivity contribution in [2.75, 3.05) is 6.61 Å². The molecule has 1 amide bonds. The molecular formula is C28H25N3O4. The molecule has 0 saturated carbocycles. The zero-order valence-corrected chi connectivity index (χ0v) is 19.2. The second kappa shape index (κ2) is 9.46. The third kappa shape index (κ3) is 4.53. The van der Waals surface area contributed by atoms with Gasteiger partial charge in [0, 0.05) is 30.4 Å². The minimum Gasteiger partial charge on any atom is -0.480 e. The van der Waals surface area contributed by atoms with E-state index in [9.17, 15) is 14.7 Å². The number of rotatable bonds is 7. The Morgan fingerprint density at radius 2 is 1.71 bits per heavy atom. The molecule has 7 heteroatoms. The van der Waals surface area contributed by atoms with Gasteiger partial charge in [-0.2, -0.15) is 0 Å². The number of carboxylic acids is 1. The molecule has 2 heterocycles. The summed E-state index contributed by atoms with van der Waals surface area (Å²) in [5.74, 6) is -0.542. The SMILES string of the molecule is Cc1ccnc(-n2cccc2CC(NC(=O)OCC2c3ccccc3-c3ccccc32)C(=O)O)c1. The van der Waals surface area contributed by atoms with Gasteiger partial charge in [-0.05, 0) is 59.0 Å². The van der Waals surface area contributed by atoms with Crippen LogP contribution in [0.1, 0.15) is 28.3 Å². The summed E-state index contributed by atoms with van der Waals surface area (Å²) in [6.07, 6.45) is 2.86. The van der Waals surface area contributed by atoms with Crippen molar-refractivity contribution >= 4 is 12.1 Å². The number of amides is 1. The van der Waals surface area contributed by atoms with Gasteiger partial charge in [-0.1, -0.05) is 48.5 Å². The molecule has 176 valence electrons.